The summed E-state index contributed by atoms with van der Waals surface area (Å²) in [7, 11) is 1.69. The SMILES string of the molecule is COc1ccccc1N1CCN(C(N)Cc2nc3ccc(F)cc3o2)CC1. The number of benzene rings is 2. The summed E-state index contributed by atoms with van der Waals surface area (Å²) in [5.41, 5.74) is 8.60. The lowest BCUT2D eigenvalue weighted by atomic mass is 10.2. The molecule has 0 saturated carbocycles. The number of halogens is 1. The van der Waals surface area contributed by atoms with E-state index in [2.05, 4.69) is 20.9 Å². The number of para-hydroxylation sites is 2. The van der Waals surface area contributed by atoms with Crippen molar-refractivity contribution < 1.29 is 13.5 Å². The first-order valence-electron chi connectivity index (χ1n) is 9.06. The first-order valence-corrected chi connectivity index (χ1v) is 9.06. The van der Waals surface area contributed by atoms with Crippen molar-refractivity contribution in [2.75, 3.05) is 38.2 Å². The molecule has 0 amide bonds. The molecule has 0 spiro atoms. The van der Waals surface area contributed by atoms with E-state index in [0.717, 1.165) is 37.6 Å². The molecule has 1 unspecified atom stereocenters. The van der Waals surface area contributed by atoms with E-state index in [4.69, 9.17) is 14.9 Å². The fourth-order valence-electron chi connectivity index (χ4n) is 3.53. The Kier molecular flexibility index (Phi) is 4.96. The van der Waals surface area contributed by atoms with Crippen molar-refractivity contribution in [3.8, 4) is 5.75 Å². The highest BCUT2D eigenvalue weighted by atomic mass is 19.1. The quantitative estimate of drug-likeness (QED) is 0.745. The Morgan fingerprint density at radius 3 is 2.74 bits per heavy atom. The predicted octanol–water partition coefficient (Wildman–Crippen LogP) is 2.63. The van der Waals surface area contributed by atoms with E-state index in [9.17, 15) is 4.39 Å². The second-order valence-electron chi connectivity index (χ2n) is 6.69. The minimum absolute atomic E-state index is 0.192. The second-order valence-corrected chi connectivity index (χ2v) is 6.69. The van der Waals surface area contributed by atoms with Crippen LogP contribution in [0.4, 0.5) is 10.1 Å². The summed E-state index contributed by atoms with van der Waals surface area (Å²) in [4.78, 5) is 8.94. The van der Waals surface area contributed by atoms with Gasteiger partial charge in [0.05, 0.1) is 25.4 Å². The second kappa shape index (κ2) is 7.54. The number of nitrogens with two attached hydrogens (primary N) is 1. The zero-order valence-electron chi connectivity index (χ0n) is 15.3. The lowest BCUT2D eigenvalue weighted by molar-refractivity contribution is 0.180. The van der Waals surface area contributed by atoms with Crippen molar-refractivity contribution >= 4 is 16.8 Å². The van der Waals surface area contributed by atoms with Gasteiger partial charge in [-0.1, -0.05) is 12.1 Å². The van der Waals surface area contributed by atoms with Crippen LogP contribution in [0.2, 0.25) is 0 Å². The van der Waals surface area contributed by atoms with Crippen LogP contribution in [0.3, 0.4) is 0 Å². The van der Waals surface area contributed by atoms with Gasteiger partial charge in [-0.05, 0) is 24.3 Å². The standard InChI is InChI=1S/C20H23FN4O2/c1-26-17-5-3-2-4-16(17)24-8-10-25(11-9-24)19(22)13-20-23-15-7-6-14(21)12-18(15)27-20/h2-7,12,19H,8-11,13,22H2,1H3. The smallest absolute Gasteiger partial charge is 0.198 e. The lowest BCUT2D eigenvalue weighted by Gasteiger charge is -2.39. The van der Waals surface area contributed by atoms with Gasteiger partial charge in [-0.3, -0.25) is 4.90 Å². The van der Waals surface area contributed by atoms with Crippen LogP contribution in [-0.4, -0.2) is 49.3 Å². The van der Waals surface area contributed by atoms with Crippen molar-refractivity contribution in [2.24, 2.45) is 5.73 Å². The number of hydrogen-bond acceptors (Lipinski definition) is 6. The normalized spacial score (nSPS) is 16.6. The molecule has 2 aromatic carbocycles. The van der Waals surface area contributed by atoms with Gasteiger partial charge in [0.15, 0.2) is 11.5 Å². The molecule has 1 aliphatic rings. The Morgan fingerprint density at radius 1 is 1.19 bits per heavy atom. The number of aromatic nitrogens is 1. The summed E-state index contributed by atoms with van der Waals surface area (Å²) in [5, 5.41) is 0. The molecular formula is C20H23FN4O2. The maximum atomic E-state index is 13.3. The maximum Gasteiger partial charge on any atom is 0.198 e. The third-order valence-corrected chi connectivity index (χ3v) is 4.99. The van der Waals surface area contributed by atoms with Gasteiger partial charge >= 0.3 is 0 Å². The highest BCUT2D eigenvalue weighted by Crippen LogP contribution is 2.28. The molecule has 0 radical (unpaired) electrons. The number of rotatable bonds is 5. The zero-order valence-corrected chi connectivity index (χ0v) is 15.3. The van der Waals surface area contributed by atoms with Crippen LogP contribution in [0.5, 0.6) is 5.75 Å². The summed E-state index contributed by atoms with van der Waals surface area (Å²) in [6.07, 6.45) is 0.299. The Balaban J connectivity index is 1.38. The van der Waals surface area contributed by atoms with Crippen molar-refractivity contribution in [3.63, 3.8) is 0 Å². The summed E-state index contributed by atoms with van der Waals surface area (Å²) >= 11 is 0. The highest BCUT2D eigenvalue weighted by molar-refractivity contribution is 5.72. The number of piperazine rings is 1. The molecule has 4 rings (SSSR count). The molecular weight excluding hydrogens is 347 g/mol. The van der Waals surface area contributed by atoms with E-state index in [1.807, 2.05) is 18.2 Å². The average Bonchev–Trinajstić information content (AvgIpc) is 3.09. The molecule has 1 saturated heterocycles. The molecule has 1 fully saturated rings. The molecule has 0 bridgehead atoms. The van der Waals surface area contributed by atoms with Gasteiger partial charge in [-0.2, -0.15) is 0 Å². The summed E-state index contributed by atoms with van der Waals surface area (Å²) in [5.74, 6) is 1.09. The topological polar surface area (TPSA) is 67.8 Å². The molecule has 1 aromatic heterocycles. The van der Waals surface area contributed by atoms with Gasteiger partial charge in [-0.25, -0.2) is 9.37 Å². The van der Waals surface area contributed by atoms with E-state index >= 15 is 0 Å². The summed E-state index contributed by atoms with van der Waals surface area (Å²) in [6, 6.07) is 12.4. The molecule has 1 atom stereocenters. The maximum absolute atomic E-state index is 13.3. The Morgan fingerprint density at radius 2 is 1.96 bits per heavy atom. The minimum Gasteiger partial charge on any atom is -0.495 e. The summed E-state index contributed by atoms with van der Waals surface area (Å²) in [6.45, 7) is 3.42. The van der Waals surface area contributed by atoms with Crippen LogP contribution in [0, 0.1) is 5.82 Å². The molecule has 27 heavy (non-hydrogen) atoms. The fourth-order valence-corrected chi connectivity index (χ4v) is 3.53. The van der Waals surface area contributed by atoms with Crippen LogP contribution in [0.15, 0.2) is 46.9 Å². The number of oxazole rings is 1. The van der Waals surface area contributed by atoms with Gasteiger partial charge in [0.25, 0.3) is 0 Å². The number of anilines is 1. The number of nitrogens with zero attached hydrogens (tertiary/aromatic N) is 3. The van der Waals surface area contributed by atoms with Crippen molar-refractivity contribution in [3.05, 3.63) is 54.2 Å². The molecule has 2 heterocycles. The largest absolute Gasteiger partial charge is 0.495 e. The molecule has 1 aliphatic heterocycles. The van der Waals surface area contributed by atoms with E-state index < -0.39 is 0 Å². The first-order chi connectivity index (χ1) is 13.1. The molecule has 3 aromatic rings. The van der Waals surface area contributed by atoms with Gasteiger partial charge in [-0.15, -0.1) is 0 Å². The van der Waals surface area contributed by atoms with E-state index in [-0.39, 0.29) is 12.0 Å². The van der Waals surface area contributed by atoms with Gasteiger partial charge in [0.2, 0.25) is 0 Å². The van der Waals surface area contributed by atoms with E-state index in [1.54, 1.807) is 13.2 Å². The zero-order chi connectivity index (χ0) is 18.8. The Hall–Kier alpha value is -2.64. The van der Waals surface area contributed by atoms with Crippen LogP contribution in [0.1, 0.15) is 5.89 Å². The molecule has 0 aliphatic carbocycles. The van der Waals surface area contributed by atoms with Crippen LogP contribution < -0.4 is 15.4 Å². The van der Waals surface area contributed by atoms with Gasteiger partial charge < -0.3 is 19.8 Å². The summed E-state index contributed by atoms with van der Waals surface area (Å²) < 4.78 is 24.4. The van der Waals surface area contributed by atoms with Crippen LogP contribution in [0.25, 0.3) is 11.1 Å². The van der Waals surface area contributed by atoms with Crippen molar-refractivity contribution in [2.45, 2.75) is 12.6 Å². The predicted molar refractivity (Wildman–Crippen MR) is 102 cm³/mol. The Bertz CT molecular complexity index is 921. The average molecular weight is 370 g/mol. The fraction of sp³-hybridized carbons (Fsp3) is 0.350. The third kappa shape index (κ3) is 3.74. The van der Waals surface area contributed by atoms with Gasteiger partial charge in [0, 0.05) is 32.2 Å². The van der Waals surface area contributed by atoms with E-state index in [1.165, 1.54) is 12.1 Å². The number of hydrogen-bond donors (Lipinski definition) is 1. The molecule has 2 N–H and O–H groups in total. The molecule has 7 heteroatoms. The number of fused-ring (bicyclic) bond motifs is 1. The van der Waals surface area contributed by atoms with Crippen molar-refractivity contribution in [1.82, 2.24) is 9.88 Å². The molecule has 142 valence electrons. The minimum atomic E-state index is -0.332. The van der Waals surface area contributed by atoms with Crippen LogP contribution >= 0.6 is 0 Å². The van der Waals surface area contributed by atoms with Crippen LogP contribution in [-0.2, 0) is 6.42 Å². The van der Waals surface area contributed by atoms with Crippen molar-refractivity contribution in [1.29, 1.82) is 0 Å². The lowest BCUT2D eigenvalue weighted by Crippen LogP contribution is -2.54. The van der Waals surface area contributed by atoms with Gasteiger partial charge in [0.1, 0.15) is 17.1 Å². The Labute approximate surface area is 157 Å². The third-order valence-electron chi connectivity index (χ3n) is 4.99. The number of methoxy groups -OCH3 is 1. The monoisotopic (exact) mass is 370 g/mol. The first kappa shape index (κ1) is 17.8. The number of ether oxygens (including phenoxy) is 1. The molecule has 6 nitrogen and oxygen atoms in total. The highest BCUT2D eigenvalue weighted by Gasteiger charge is 2.24. The van der Waals surface area contributed by atoms with E-state index in [0.29, 0.717) is 23.4 Å².